The van der Waals surface area contributed by atoms with E-state index in [1.54, 1.807) is 23.2 Å². The van der Waals surface area contributed by atoms with Gasteiger partial charge in [0.05, 0.1) is 11.4 Å². The van der Waals surface area contributed by atoms with Gasteiger partial charge in [-0.05, 0) is 18.4 Å². The van der Waals surface area contributed by atoms with Crippen LogP contribution in [0.4, 0.5) is 5.69 Å². The molecule has 0 bridgehead atoms. The highest BCUT2D eigenvalue weighted by Gasteiger charge is 2.16. The number of aryl methyl sites for hydroxylation is 2. The Morgan fingerprint density at radius 2 is 2.39 bits per heavy atom. The Bertz CT molecular complexity index is 591. The van der Waals surface area contributed by atoms with Crippen molar-refractivity contribution in [2.75, 3.05) is 5.73 Å². The number of esters is 1. The molecule has 0 radical (unpaired) electrons. The van der Waals surface area contributed by atoms with E-state index in [2.05, 4.69) is 5.10 Å². The summed E-state index contributed by atoms with van der Waals surface area (Å²) in [5.41, 5.74) is 7.53. The third-order valence-corrected chi connectivity index (χ3v) is 3.88. The summed E-state index contributed by atoms with van der Waals surface area (Å²) < 4.78 is 6.72. The predicted molar refractivity (Wildman–Crippen MR) is 70.8 cm³/mol. The number of carbonyl (C=O) groups is 1. The molecule has 0 aliphatic rings. The van der Waals surface area contributed by atoms with Gasteiger partial charge in [0.25, 0.3) is 0 Å². The van der Waals surface area contributed by atoms with Crippen LogP contribution in [0.3, 0.4) is 0 Å². The zero-order chi connectivity index (χ0) is 13.3. The normalized spacial score (nSPS) is 10.6. The standard InChI is InChI=1S/C11H12ClN3O2S/c1-6-7(10(12)15(2)14-6)5-17-11(16)9-8(13)3-4-18-9/h3-4H,5,13H2,1-2H3. The van der Waals surface area contributed by atoms with Crippen molar-refractivity contribution in [2.24, 2.45) is 7.05 Å². The number of hydrogen-bond donors (Lipinski definition) is 1. The van der Waals surface area contributed by atoms with E-state index in [9.17, 15) is 4.79 Å². The molecule has 96 valence electrons. The molecular weight excluding hydrogens is 274 g/mol. The Morgan fingerprint density at radius 3 is 2.89 bits per heavy atom. The molecule has 7 heteroatoms. The number of anilines is 1. The molecule has 18 heavy (non-hydrogen) atoms. The zero-order valence-corrected chi connectivity index (χ0v) is 11.5. The highest BCUT2D eigenvalue weighted by Crippen LogP contribution is 2.23. The number of aromatic nitrogens is 2. The zero-order valence-electron chi connectivity index (χ0n) is 9.94. The molecule has 2 aromatic rings. The fourth-order valence-electron chi connectivity index (χ4n) is 1.53. The average Bonchev–Trinajstić information content (AvgIpc) is 2.83. The van der Waals surface area contributed by atoms with Gasteiger partial charge in [0.15, 0.2) is 0 Å². The molecule has 0 unspecified atom stereocenters. The molecule has 2 heterocycles. The van der Waals surface area contributed by atoms with Crippen molar-refractivity contribution in [3.63, 3.8) is 0 Å². The van der Waals surface area contributed by atoms with E-state index < -0.39 is 5.97 Å². The van der Waals surface area contributed by atoms with E-state index in [-0.39, 0.29) is 6.61 Å². The maximum Gasteiger partial charge on any atom is 0.350 e. The van der Waals surface area contributed by atoms with Crippen LogP contribution in [-0.4, -0.2) is 15.7 Å². The van der Waals surface area contributed by atoms with Gasteiger partial charge in [-0.25, -0.2) is 4.79 Å². The van der Waals surface area contributed by atoms with Crippen LogP contribution >= 0.6 is 22.9 Å². The van der Waals surface area contributed by atoms with E-state index in [1.807, 2.05) is 6.92 Å². The van der Waals surface area contributed by atoms with Gasteiger partial charge in [0.2, 0.25) is 0 Å². The van der Waals surface area contributed by atoms with E-state index in [0.717, 1.165) is 5.69 Å². The summed E-state index contributed by atoms with van der Waals surface area (Å²) in [5, 5.41) is 6.36. The Hall–Kier alpha value is -1.53. The van der Waals surface area contributed by atoms with E-state index in [1.165, 1.54) is 11.3 Å². The van der Waals surface area contributed by atoms with Crippen LogP contribution in [0.5, 0.6) is 0 Å². The highest BCUT2D eigenvalue weighted by molar-refractivity contribution is 7.12. The van der Waals surface area contributed by atoms with Gasteiger partial charge >= 0.3 is 5.97 Å². The number of halogens is 1. The Balaban J connectivity index is 2.09. The minimum Gasteiger partial charge on any atom is -0.456 e. The van der Waals surface area contributed by atoms with Crippen LogP contribution in [0.25, 0.3) is 0 Å². The van der Waals surface area contributed by atoms with Crippen molar-refractivity contribution in [1.82, 2.24) is 9.78 Å². The summed E-state index contributed by atoms with van der Waals surface area (Å²) in [6.45, 7) is 1.91. The fraction of sp³-hybridized carbons (Fsp3) is 0.273. The lowest BCUT2D eigenvalue weighted by Crippen LogP contribution is -2.06. The molecule has 0 aromatic carbocycles. The molecule has 0 spiro atoms. The lowest BCUT2D eigenvalue weighted by molar-refractivity contribution is 0.0479. The number of nitrogens with zero attached hydrogens (tertiary/aromatic N) is 2. The molecule has 0 amide bonds. The lowest BCUT2D eigenvalue weighted by atomic mass is 10.3. The monoisotopic (exact) mass is 285 g/mol. The first-order chi connectivity index (χ1) is 8.50. The van der Waals surface area contributed by atoms with Gasteiger partial charge in [0, 0.05) is 12.6 Å². The van der Waals surface area contributed by atoms with E-state index in [0.29, 0.717) is 21.3 Å². The lowest BCUT2D eigenvalue weighted by Gasteiger charge is -2.04. The van der Waals surface area contributed by atoms with Gasteiger partial charge in [-0.3, -0.25) is 4.68 Å². The largest absolute Gasteiger partial charge is 0.456 e. The van der Waals surface area contributed by atoms with Crippen molar-refractivity contribution in [3.8, 4) is 0 Å². The fourth-order valence-corrected chi connectivity index (χ4v) is 2.47. The number of ether oxygens (including phenoxy) is 1. The molecular formula is C11H12ClN3O2S. The maximum atomic E-state index is 11.8. The number of nitrogen functional groups attached to an aromatic ring is 1. The molecule has 2 rings (SSSR count). The van der Waals surface area contributed by atoms with Crippen molar-refractivity contribution in [2.45, 2.75) is 13.5 Å². The SMILES string of the molecule is Cc1nn(C)c(Cl)c1COC(=O)c1sccc1N. The highest BCUT2D eigenvalue weighted by atomic mass is 35.5. The average molecular weight is 286 g/mol. The minimum atomic E-state index is -0.443. The second kappa shape index (κ2) is 4.99. The quantitative estimate of drug-likeness (QED) is 0.879. The van der Waals surface area contributed by atoms with Crippen molar-refractivity contribution >= 4 is 34.6 Å². The Labute approximate surface area is 113 Å². The van der Waals surface area contributed by atoms with Crippen molar-refractivity contribution in [1.29, 1.82) is 0 Å². The number of carbonyl (C=O) groups excluding carboxylic acids is 1. The van der Waals surface area contributed by atoms with Crippen LogP contribution in [0.1, 0.15) is 20.9 Å². The molecule has 2 aromatic heterocycles. The first-order valence-corrected chi connectivity index (χ1v) is 6.44. The van der Waals surface area contributed by atoms with Gasteiger partial charge in [-0.15, -0.1) is 11.3 Å². The number of nitrogens with two attached hydrogens (primary N) is 1. The first-order valence-electron chi connectivity index (χ1n) is 5.18. The first kappa shape index (κ1) is 12.9. The number of rotatable bonds is 3. The molecule has 0 aliphatic heterocycles. The topological polar surface area (TPSA) is 70.1 Å². The molecule has 0 saturated carbocycles. The summed E-state index contributed by atoms with van der Waals surface area (Å²) in [6.07, 6.45) is 0. The third kappa shape index (κ3) is 2.34. The van der Waals surface area contributed by atoms with Gasteiger partial charge < -0.3 is 10.5 Å². The molecule has 0 atom stereocenters. The van der Waals surface area contributed by atoms with E-state index >= 15 is 0 Å². The van der Waals surface area contributed by atoms with Crippen molar-refractivity contribution < 1.29 is 9.53 Å². The smallest absolute Gasteiger partial charge is 0.350 e. The molecule has 0 fully saturated rings. The summed E-state index contributed by atoms with van der Waals surface area (Å²) in [4.78, 5) is 12.2. The Morgan fingerprint density at radius 1 is 1.67 bits per heavy atom. The second-order valence-corrected chi connectivity index (χ2v) is 5.03. The molecule has 2 N–H and O–H groups in total. The molecule has 0 aliphatic carbocycles. The van der Waals surface area contributed by atoms with Crippen LogP contribution in [-0.2, 0) is 18.4 Å². The summed E-state index contributed by atoms with van der Waals surface area (Å²) in [6, 6.07) is 1.67. The van der Waals surface area contributed by atoms with Crippen LogP contribution < -0.4 is 5.73 Å². The predicted octanol–water partition coefficient (Wildman–Crippen LogP) is 2.38. The van der Waals surface area contributed by atoms with Crippen LogP contribution in [0.2, 0.25) is 5.15 Å². The van der Waals surface area contributed by atoms with Gasteiger partial charge in [0.1, 0.15) is 16.6 Å². The third-order valence-electron chi connectivity index (χ3n) is 2.50. The maximum absolute atomic E-state index is 11.8. The Kier molecular flexibility index (Phi) is 3.58. The number of hydrogen-bond acceptors (Lipinski definition) is 5. The van der Waals surface area contributed by atoms with Crippen molar-refractivity contribution in [3.05, 3.63) is 32.7 Å². The molecule has 5 nitrogen and oxygen atoms in total. The molecule has 0 saturated heterocycles. The second-order valence-electron chi connectivity index (χ2n) is 3.76. The summed E-state index contributed by atoms with van der Waals surface area (Å²) in [7, 11) is 1.73. The van der Waals surface area contributed by atoms with Gasteiger partial charge in [-0.2, -0.15) is 5.10 Å². The van der Waals surface area contributed by atoms with Crippen LogP contribution in [0, 0.1) is 6.92 Å². The summed E-state index contributed by atoms with van der Waals surface area (Å²) >= 11 is 7.29. The summed E-state index contributed by atoms with van der Waals surface area (Å²) in [5.74, 6) is -0.443. The van der Waals surface area contributed by atoms with E-state index in [4.69, 9.17) is 22.1 Å². The van der Waals surface area contributed by atoms with Gasteiger partial charge in [-0.1, -0.05) is 11.6 Å². The number of thiophene rings is 1. The van der Waals surface area contributed by atoms with Crippen LogP contribution in [0.15, 0.2) is 11.4 Å². The minimum absolute atomic E-state index is 0.0919.